The van der Waals surface area contributed by atoms with Crippen molar-refractivity contribution in [1.82, 2.24) is 0 Å². The highest BCUT2D eigenvalue weighted by atomic mass is 35.5. The van der Waals surface area contributed by atoms with Crippen LogP contribution in [0.25, 0.3) is 0 Å². The van der Waals surface area contributed by atoms with Crippen molar-refractivity contribution in [3.8, 4) is 5.75 Å². The van der Waals surface area contributed by atoms with E-state index in [0.29, 0.717) is 12.5 Å². The van der Waals surface area contributed by atoms with Crippen molar-refractivity contribution >= 4 is 23.3 Å². The van der Waals surface area contributed by atoms with Crippen LogP contribution < -0.4 is 9.64 Å². The van der Waals surface area contributed by atoms with Gasteiger partial charge in [0, 0.05) is 23.5 Å². The second kappa shape index (κ2) is 8.69. The van der Waals surface area contributed by atoms with Crippen LogP contribution in [0.3, 0.4) is 0 Å². The molecule has 5 nitrogen and oxygen atoms in total. The maximum atomic E-state index is 11.7. The van der Waals surface area contributed by atoms with Gasteiger partial charge in [-0.05, 0) is 85.4 Å². The molecule has 1 aliphatic heterocycles. The summed E-state index contributed by atoms with van der Waals surface area (Å²) in [5.74, 6) is 0.282. The fourth-order valence-electron chi connectivity index (χ4n) is 5.98. The minimum absolute atomic E-state index is 0.186. The average molecular weight is 468 g/mol. The first-order valence-corrected chi connectivity index (χ1v) is 12.1. The number of fused-ring (bicyclic) bond motifs is 3. The Bertz CT molecular complexity index is 1090. The molecule has 1 heterocycles. The average Bonchev–Trinajstić information content (AvgIpc) is 2.93. The molecule has 1 spiro atoms. The largest absolute Gasteiger partial charge is 0.490 e. The number of carboxylic acid groups (broad SMARTS) is 1. The Balaban J connectivity index is 1.55. The molecular formula is C27H30ClNO4. The SMILES string of the molecule is C=C[C@@H](O)[C@@H]1CC[C@H]1CN1C[C@@]2(CCCc3cc(Cl)ccc32)COc2ccc(C(=O)O)cc21. The van der Waals surface area contributed by atoms with E-state index in [0.717, 1.165) is 61.7 Å². The number of carboxylic acids is 1. The Morgan fingerprint density at radius 2 is 2.15 bits per heavy atom. The maximum Gasteiger partial charge on any atom is 0.335 e. The number of aromatic carboxylic acids is 1. The van der Waals surface area contributed by atoms with Gasteiger partial charge in [0.25, 0.3) is 0 Å². The number of aliphatic hydroxyl groups excluding tert-OH is 1. The number of ether oxygens (including phenoxy) is 1. The standard InChI is InChI=1S/C27H30ClNO4/c1-2-24(30)21-8-5-19(21)14-29-15-27(11-3-4-17-12-20(28)7-9-22(17)27)16-33-25-10-6-18(26(31)32)13-23(25)29/h2,6-7,9-10,12-13,19,21,24,30H,1,3-5,8,11,14-16H2,(H,31,32)/t19-,21+,24+,27-/m0/s1. The number of hydrogen-bond donors (Lipinski definition) is 2. The van der Waals surface area contributed by atoms with Crippen molar-refractivity contribution in [2.75, 3.05) is 24.6 Å². The Hall–Kier alpha value is -2.50. The highest BCUT2D eigenvalue weighted by molar-refractivity contribution is 6.30. The highest BCUT2D eigenvalue weighted by Gasteiger charge is 2.44. The third-order valence-corrected chi connectivity index (χ3v) is 8.13. The van der Waals surface area contributed by atoms with Gasteiger partial charge >= 0.3 is 5.97 Å². The number of rotatable bonds is 5. The van der Waals surface area contributed by atoms with E-state index in [9.17, 15) is 15.0 Å². The summed E-state index contributed by atoms with van der Waals surface area (Å²) in [6, 6.07) is 11.3. The van der Waals surface area contributed by atoms with Crippen molar-refractivity contribution in [3.05, 3.63) is 70.8 Å². The molecule has 0 unspecified atom stereocenters. The quantitative estimate of drug-likeness (QED) is 0.600. The second-order valence-corrected chi connectivity index (χ2v) is 10.3. The van der Waals surface area contributed by atoms with Gasteiger partial charge in [0.05, 0.1) is 24.0 Å². The van der Waals surface area contributed by atoms with E-state index in [1.54, 1.807) is 24.3 Å². The zero-order valence-electron chi connectivity index (χ0n) is 18.7. The molecule has 4 atom stereocenters. The Morgan fingerprint density at radius 1 is 1.30 bits per heavy atom. The molecule has 2 aliphatic carbocycles. The van der Waals surface area contributed by atoms with Crippen LogP contribution in [-0.2, 0) is 11.8 Å². The third-order valence-electron chi connectivity index (χ3n) is 7.90. The minimum atomic E-state index is -0.946. The van der Waals surface area contributed by atoms with Crippen molar-refractivity contribution < 1.29 is 19.7 Å². The first kappa shape index (κ1) is 22.3. The summed E-state index contributed by atoms with van der Waals surface area (Å²) in [5, 5.41) is 20.8. The molecule has 0 amide bonds. The van der Waals surface area contributed by atoms with E-state index in [-0.39, 0.29) is 16.9 Å². The molecule has 0 radical (unpaired) electrons. The van der Waals surface area contributed by atoms with Gasteiger partial charge in [0.15, 0.2) is 0 Å². The van der Waals surface area contributed by atoms with Crippen LogP contribution in [0.5, 0.6) is 5.75 Å². The molecule has 3 aliphatic rings. The smallest absolute Gasteiger partial charge is 0.335 e. The van der Waals surface area contributed by atoms with Crippen LogP contribution >= 0.6 is 11.6 Å². The van der Waals surface area contributed by atoms with Crippen LogP contribution in [-0.4, -0.2) is 42.0 Å². The lowest BCUT2D eigenvalue weighted by atomic mass is 9.68. The molecule has 0 bridgehead atoms. The number of carbonyl (C=O) groups is 1. The first-order chi connectivity index (χ1) is 15.9. The van der Waals surface area contributed by atoms with E-state index >= 15 is 0 Å². The molecule has 174 valence electrons. The van der Waals surface area contributed by atoms with Crippen LogP contribution in [0.4, 0.5) is 5.69 Å². The van der Waals surface area contributed by atoms with Crippen molar-refractivity contribution in [2.24, 2.45) is 11.8 Å². The number of halogens is 1. The van der Waals surface area contributed by atoms with E-state index in [4.69, 9.17) is 16.3 Å². The van der Waals surface area contributed by atoms with E-state index in [2.05, 4.69) is 23.6 Å². The summed E-state index contributed by atoms with van der Waals surface area (Å²) < 4.78 is 6.39. The second-order valence-electron chi connectivity index (χ2n) is 9.82. The molecule has 0 aromatic heterocycles. The molecule has 0 saturated heterocycles. The fourth-order valence-corrected chi connectivity index (χ4v) is 6.17. The lowest BCUT2D eigenvalue weighted by molar-refractivity contribution is 0.0460. The van der Waals surface area contributed by atoms with Gasteiger partial charge in [0.2, 0.25) is 0 Å². The number of anilines is 1. The number of benzene rings is 2. The van der Waals surface area contributed by atoms with Gasteiger partial charge < -0.3 is 19.8 Å². The lowest BCUT2D eigenvalue weighted by Gasteiger charge is -2.45. The monoisotopic (exact) mass is 467 g/mol. The molecule has 5 rings (SSSR count). The van der Waals surface area contributed by atoms with Gasteiger partial charge in [-0.1, -0.05) is 23.7 Å². The van der Waals surface area contributed by atoms with E-state index < -0.39 is 12.1 Å². The Morgan fingerprint density at radius 3 is 2.88 bits per heavy atom. The van der Waals surface area contributed by atoms with Crippen LogP contribution in [0.2, 0.25) is 5.02 Å². The first-order valence-electron chi connectivity index (χ1n) is 11.7. The summed E-state index contributed by atoms with van der Waals surface area (Å²) >= 11 is 6.31. The Kier molecular flexibility index (Phi) is 5.87. The summed E-state index contributed by atoms with van der Waals surface area (Å²) in [6.45, 7) is 5.80. The van der Waals surface area contributed by atoms with Crippen molar-refractivity contribution in [1.29, 1.82) is 0 Å². The topological polar surface area (TPSA) is 70.0 Å². The highest BCUT2D eigenvalue weighted by Crippen LogP contribution is 2.46. The van der Waals surface area contributed by atoms with Gasteiger partial charge in [-0.3, -0.25) is 0 Å². The van der Waals surface area contributed by atoms with Crippen LogP contribution in [0, 0.1) is 11.8 Å². The number of nitrogens with zero attached hydrogens (tertiary/aromatic N) is 1. The lowest BCUT2D eigenvalue weighted by Crippen LogP contribution is -2.49. The number of aliphatic hydroxyl groups is 1. The van der Waals surface area contributed by atoms with Crippen molar-refractivity contribution in [3.63, 3.8) is 0 Å². The summed E-state index contributed by atoms with van der Waals surface area (Å²) in [7, 11) is 0. The number of aryl methyl sites for hydroxylation is 1. The molecule has 1 fully saturated rings. The molecule has 1 saturated carbocycles. The van der Waals surface area contributed by atoms with Crippen LogP contribution in [0.1, 0.15) is 47.2 Å². The molecule has 2 aromatic carbocycles. The fraction of sp³-hybridized carbons (Fsp3) is 0.444. The van der Waals surface area contributed by atoms with E-state index in [1.807, 2.05) is 6.07 Å². The molecule has 33 heavy (non-hydrogen) atoms. The normalized spacial score (nSPS) is 26.9. The van der Waals surface area contributed by atoms with Gasteiger partial charge in [-0.25, -0.2) is 4.79 Å². The predicted molar refractivity (Wildman–Crippen MR) is 130 cm³/mol. The zero-order valence-corrected chi connectivity index (χ0v) is 19.4. The van der Waals surface area contributed by atoms with Crippen molar-refractivity contribution in [2.45, 2.75) is 43.6 Å². The maximum absolute atomic E-state index is 11.7. The minimum Gasteiger partial charge on any atom is -0.490 e. The molecular weight excluding hydrogens is 438 g/mol. The summed E-state index contributed by atoms with van der Waals surface area (Å²) in [6.07, 6.45) is 6.20. The molecule has 2 aromatic rings. The van der Waals surface area contributed by atoms with E-state index in [1.165, 1.54) is 11.1 Å². The summed E-state index contributed by atoms with van der Waals surface area (Å²) in [5.41, 5.74) is 3.44. The molecule has 2 N–H and O–H groups in total. The van der Waals surface area contributed by atoms with Gasteiger partial charge in [0.1, 0.15) is 5.75 Å². The Labute approximate surface area is 199 Å². The zero-order chi connectivity index (χ0) is 23.2. The number of hydrogen-bond acceptors (Lipinski definition) is 4. The van der Waals surface area contributed by atoms with Gasteiger partial charge in [-0.15, -0.1) is 6.58 Å². The van der Waals surface area contributed by atoms with Crippen LogP contribution in [0.15, 0.2) is 49.1 Å². The predicted octanol–water partition coefficient (Wildman–Crippen LogP) is 5.08. The van der Waals surface area contributed by atoms with Gasteiger partial charge in [-0.2, -0.15) is 0 Å². The third kappa shape index (κ3) is 4.02. The molecule has 6 heteroatoms. The summed E-state index contributed by atoms with van der Waals surface area (Å²) in [4.78, 5) is 14.0.